The summed E-state index contributed by atoms with van der Waals surface area (Å²) in [5.74, 6) is 0.0760. The zero-order chi connectivity index (χ0) is 16.0. The van der Waals surface area contributed by atoms with Crippen molar-refractivity contribution in [1.82, 2.24) is 19.8 Å². The SMILES string of the molecule is CS(=O)(=O)NC(=O)CCC[n+]1ccc(-c2ncccn2)cn1. The molecule has 0 aliphatic heterocycles. The van der Waals surface area contributed by atoms with Gasteiger partial charge in [-0.25, -0.2) is 18.4 Å². The van der Waals surface area contributed by atoms with Crippen LogP contribution in [-0.4, -0.2) is 35.6 Å². The molecule has 0 aromatic carbocycles. The van der Waals surface area contributed by atoms with Gasteiger partial charge in [-0.15, -0.1) is 0 Å². The summed E-state index contributed by atoms with van der Waals surface area (Å²) in [5, 5.41) is 4.21. The van der Waals surface area contributed by atoms with Gasteiger partial charge in [0.2, 0.25) is 15.9 Å². The first-order valence-electron chi connectivity index (χ1n) is 6.58. The average Bonchev–Trinajstić information content (AvgIpc) is 2.47. The molecule has 0 bridgehead atoms. The molecule has 22 heavy (non-hydrogen) atoms. The third-order valence-corrected chi connectivity index (χ3v) is 3.28. The molecule has 0 spiro atoms. The van der Waals surface area contributed by atoms with Gasteiger partial charge in [-0.1, -0.05) is 4.68 Å². The normalized spacial score (nSPS) is 11.1. The fraction of sp³-hybridized carbons (Fsp3) is 0.308. The Kier molecular flexibility index (Phi) is 5.10. The molecule has 2 rings (SSSR count). The summed E-state index contributed by atoms with van der Waals surface area (Å²) >= 11 is 0. The van der Waals surface area contributed by atoms with Crippen LogP contribution in [0.15, 0.2) is 36.9 Å². The van der Waals surface area contributed by atoms with Crippen molar-refractivity contribution in [3.63, 3.8) is 0 Å². The molecule has 2 heterocycles. The molecule has 0 aliphatic carbocycles. The summed E-state index contributed by atoms with van der Waals surface area (Å²) in [4.78, 5) is 19.6. The van der Waals surface area contributed by atoms with Crippen LogP contribution in [0.3, 0.4) is 0 Å². The Morgan fingerprint density at radius 3 is 2.64 bits per heavy atom. The summed E-state index contributed by atoms with van der Waals surface area (Å²) < 4.78 is 25.4. The molecule has 8 nitrogen and oxygen atoms in total. The van der Waals surface area contributed by atoms with Gasteiger partial charge in [0.05, 0.1) is 6.26 Å². The molecule has 0 aliphatic rings. The van der Waals surface area contributed by atoms with Crippen molar-refractivity contribution in [1.29, 1.82) is 0 Å². The Hall–Kier alpha value is -2.42. The number of hydrogen-bond donors (Lipinski definition) is 1. The number of carbonyl (C=O) groups is 1. The van der Waals surface area contributed by atoms with Crippen LogP contribution in [0, 0.1) is 0 Å². The average molecular weight is 322 g/mol. The van der Waals surface area contributed by atoms with Gasteiger partial charge in [0, 0.05) is 36.9 Å². The lowest BCUT2D eigenvalue weighted by Gasteiger charge is -2.01. The molecule has 2 aromatic heterocycles. The monoisotopic (exact) mass is 322 g/mol. The van der Waals surface area contributed by atoms with E-state index >= 15 is 0 Å². The molecule has 1 N–H and O–H groups in total. The summed E-state index contributed by atoms with van der Waals surface area (Å²) in [7, 11) is -3.49. The van der Waals surface area contributed by atoms with E-state index in [9.17, 15) is 13.2 Å². The predicted molar refractivity (Wildman–Crippen MR) is 77.7 cm³/mol. The highest BCUT2D eigenvalue weighted by Crippen LogP contribution is 2.09. The number of amides is 1. The number of nitrogens with one attached hydrogen (secondary N) is 1. The molecule has 0 fully saturated rings. The molecule has 0 radical (unpaired) electrons. The van der Waals surface area contributed by atoms with E-state index < -0.39 is 15.9 Å². The number of aryl methyl sites for hydroxylation is 1. The quantitative estimate of drug-likeness (QED) is 0.731. The van der Waals surface area contributed by atoms with Crippen LogP contribution in [0.5, 0.6) is 0 Å². The lowest BCUT2D eigenvalue weighted by atomic mass is 10.3. The molecule has 1 amide bonds. The van der Waals surface area contributed by atoms with E-state index in [0.717, 1.165) is 11.8 Å². The van der Waals surface area contributed by atoms with Crippen molar-refractivity contribution in [3.8, 4) is 11.4 Å². The molecule has 0 saturated carbocycles. The standard InChI is InChI=1S/C13H15N5O3S/c1-22(20,21)17-12(19)4-2-8-18-9-5-11(10-16-18)13-14-6-3-7-15-13/h3,5-7,9-10H,2,4,8H2,1H3/p+1. The van der Waals surface area contributed by atoms with Crippen LogP contribution in [0.1, 0.15) is 12.8 Å². The van der Waals surface area contributed by atoms with Gasteiger partial charge >= 0.3 is 0 Å². The number of sulfonamides is 1. The van der Waals surface area contributed by atoms with Gasteiger partial charge in [0.15, 0.2) is 18.6 Å². The van der Waals surface area contributed by atoms with E-state index in [0.29, 0.717) is 18.8 Å². The first-order valence-corrected chi connectivity index (χ1v) is 8.47. The van der Waals surface area contributed by atoms with Crippen molar-refractivity contribution in [3.05, 3.63) is 36.9 Å². The Morgan fingerprint density at radius 1 is 1.32 bits per heavy atom. The fourth-order valence-electron chi connectivity index (χ4n) is 1.76. The minimum absolute atomic E-state index is 0.116. The maximum atomic E-state index is 11.4. The van der Waals surface area contributed by atoms with E-state index in [1.165, 1.54) is 0 Å². The number of hydrogen-bond acceptors (Lipinski definition) is 6. The van der Waals surface area contributed by atoms with E-state index in [-0.39, 0.29) is 6.42 Å². The maximum absolute atomic E-state index is 11.4. The summed E-state index contributed by atoms with van der Waals surface area (Å²) in [6, 6.07) is 3.57. The van der Waals surface area contributed by atoms with E-state index in [4.69, 9.17) is 0 Å². The lowest BCUT2D eigenvalue weighted by Crippen LogP contribution is -2.38. The van der Waals surface area contributed by atoms with Crippen LogP contribution in [0.4, 0.5) is 0 Å². The number of aromatic nitrogens is 4. The number of carbonyl (C=O) groups excluding carboxylic acids is 1. The number of rotatable bonds is 6. The highest BCUT2D eigenvalue weighted by atomic mass is 32.2. The van der Waals surface area contributed by atoms with E-state index in [2.05, 4.69) is 15.1 Å². The molecular weight excluding hydrogens is 306 g/mol. The topological polar surface area (TPSA) is 106 Å². The van der Waals surface area contributed by atoms with Crippen molar-refractivity contribution in [2.24, 2.45) is 0 Å². The fourth-order valence-corrected chi connectivity index (χ4v) is 2.27. The van der Waals surface area contributed by atoms with Gasteiger partial charge < -0.3 is 0 Å². The summed E-state index contributed by atoms with van der Waals surface area (Å²) in [5.41, 5.74) is 0.798. The van der Waals surface area contributed by atoms with Gasteiger partial charge in [0.1, 0.15) is 6.20 Å². The predicted octanol–water partition coefficient (Wildman–Crippen LogP) is -0.318. The molecule has 116 valence electrons. The van der Waals surface area contributed by atoms with Gasteiger partial charge in [-0.3, -0.25) is 9.52 Å². The summed E-state index contributed by atoms with van der Waals surface area (Å²) in [6.07, 6.45) is 8.27. The molecule has 2 aromatic rings. The minimum atomic E-state index is -3.49. The second kappa shape index (κ2) is 7.03. The Labute approximate surface area is 128 Å². The summed E-state index contributed by atoms with van der Waals surface area (Å²) in [6.45, 7) is 0.507. The highest BCUT2D eigenvalue weighted by molar-refractivity contribution is 7.89. The number of nitrogens with zero attached hydrogens (tertiary/aromatic N) is 4. The third-order valence-electron chi connectivity index (χ3n) is 2.69. The van der Waals surface area contributed by atoms with E-state index in [1.807, 2.05) is 10.8 Å². The van der Waals surface area contributed by atoms with Crippen molar-refractivity contribution in [2.45, 2.75) is 19.4 Å². The molecular formula is C13H16N5O3S+. The second-order valence-electron chi connectivity index (χ2n) is 4.65. The van der Waals surface area contributed by atoms with Crippen molar-refractivity contribution in [2.75, 3.05) is 6.26 Å². The lowest BCUT2D eigenvalue weighted by molar-refractivity contribution is -0.754. The highest BCUT2D eigenvalue weighted by Gasteiger charge is 2.10. The molecule has 0 unspecified atom stereocenters. The maximum Gasteiger partial charge on any atom is 0.233 e. The van der Waals surface area contributed by atoms with Crippen LogP contribution < -0.4 is 9.40 Å². The van der Waals surface area contributed by atoms with Crippen molar-refractivity contribution < 1.29 is 17.9 Å². The first kappa shape index (κ1) is 16.0. The zero-order valence-electron chi connectivity index (χ0n) is 12.0. The van der Waals surface area contributed by atoms with Gasteiger partial charge in [-0.05, 0) is 11.2 Å². The Bertz CT molecular complexity index is 732. The molecule has 0 saturated heterocycles. The minimum Gasteiger partial charge on any atom is -0.274 e. The second-order valence-corrected chi connectivity index (χ2v) is 6.40. The molecule has 9 heteroatoms. The van der Waals surface area contributed by atoms with E-state index in [1.54, 1.807) is 35.5 Å². The Balaban J connectivity index is 1.86. The van der Waals surface area contributed by atoms with Crippen LogP contribution in [0.25, 0.3) is 11.4 Å². The van der Waals surface area contributed by atoms with Crippen LogP contribution in [0.2, 0.25) is 0 Å². The smallest absolute Gasteiger partial charge is 0.233 e. The third kappa shape index (κ3) is 5.17. The largest absolute Gasteiger partial charge is 0.274 e. The van der Waals surface area contributed by atoms with Gasteiger partial charge in [-0.2, -0.15) is 0 Å². The van der Waals surface area contributed by atoms with Gasteiger partial charge in [0.25, 0.3) is 0 Å². The van der Waals surface area contributed by atoms with Crippen LogP contribution >= 0.6 is 0 Å². The Morgan fingerprint density at radius 2 is 2.05 bits per heavy atom. The van der Waals surface area contributed by atoms with Crippen LogP contribution in [-0.2, 0) is 21.4 Å². The first-order chi connectivity index (χ1) is 10.4. The van der Waals surface area contributed by atoms with Crippen molar-refractivity contribution >= 4 is 15.9 Å². The molecule has 0 atom stereocenters. The zero-order valence-corrected chi connectivity index (χ0v) is 12.8.